The second kappa shape index (κ2) is 9.72. The van der Waals surface area contributed by atoms with Gasteiger partial charge >= 0.3 is 0 Å². The second-order valence-electron chi connectivity index (χ2n) is 7.38. The van der Waals surface area contributed by atoms with E-state index in [1.54, 1.807) is 0 Å². The fourth-order valence-corrected chi connectivity index (χ4v) is 3.94. The van der Waals surface area contributed by atoms with Crippen molar-refractivity contribution >= 4 is 11.8 Å². The first-order valence-corrected chi connectivity index (χ1v) is 9.93. The Kier molecular flexibility index (Phi) is 7.06. The van der Waals surface area contributed by atoms with E-state index in [1.807, 2.05) is 23.1 Å². The normalized spacial score (nSPS) is 20.7. The summed E-state index contributed by atoms with van der Waals surface area (Å²) in [5.74, 6) is -0.00785. The first-order chi connectivity index (χ1) is 12.7. The zero-order valence-electron chi connectivity index (χ0n) is 15.5. The van der Waals surface area contributed by atoms with Crippen LogP contribution in [0.2, 0.25) is 0 Å². The third-order valence-corrected chi connectivity index (χ3v) is 5.44. The van der Waals surface area contributed by atoms with E-state index < -0.39 is 0 Å². The van der Waals surface area contributed by atoms with E-state index >= 15 is 0 Å². The fraction of sp³-hybridized carbons (Fsp3) is 0.619. The highest BCUT2D eigenvalue weighted by Gasteiger charge is 2.38. The smallest absolute Gasteiger partial charge is 0.225 e. The molecule has 0 bridgehead atoms. The van der Waals surface area contributed by atoms with Gasteiger partial charge in [-0.2, -0.15) is 0 Å². The van der Waals surface area contributed by atoms with Crippen molar-refractivity contribution in [1.82, 2.24) is 10.2 Å². The number of likely N-dealkylation sites (tertiary alicyclic amines) is 1. The molecule has 142 valence electrons. The van der Waals surface area contributed by atoms with Crippen LogP contribution in [0.3, 0.4) is 0 Å². The molecule has 0 aromatic heterocycles. The summed E-state index contributed by atoms with van der Waals surface area (Å²) >= 11 is 0. The monoisotopic (exact) mass is 358 g/mol. The zero-order valence-corrected chi connectivity index (χ0v) is 15.5. The molecule has 0 radical (unpaired) electrons. The first kappa shape index (κ1) is 18.9. The standard InChI is InChI=1S/C21H30N2O3/c24-20-15-18(16-23(20)19-9-4-5-10-19)21(25)22-12-6-13-26-14-11-17-7-2-1-3-8-17/h1-3,7-8,18-19H,4-6,9-16H2,(H,22,25)/t18-/m1/s1. The number of nitrogens with zero attached hydrogens (tertiary/aromatic N) is 1. The lowest BCUT2D eigenvalue weighted by Crippen LogP contribution is -2.37. The van der Waals surface area contributed by atoms with Gasteiger partial charge in [-0.25, -0.2) is 0 Å². The second-order valence-corrected chi connectivity index (χ2v) is 7.38. The summed E-state index contributed by atoms with van der Waals surface area (Å²) in [5, 5.41) is 2.97. The van der Waals surface area contributed by atoms with Crippen molar-refractivity contribution in [2.24, 2.45) is 5.92 Å². The summed E-state index contributed by atoms with van der Waals surface area (Å²) in [4.78, 5) is 26.4. The molecule has 0 spiro atoms. The van der Waals surface area contributed by atoms with Crippen LogP contribution in [0.5, 0.6) is 0 Å². The number of amides is 2. The lowest BCUT2D eigenvalue weighted by molar-refractivity contribution is -0.130. The van der Waals surface area contributed by atoms with Crippen molar-refractivity contribution in [2.45, 2.75) is 51.0 Å². The Morgan fingerprint density at radius 2 is 1.92 bits per heavy atom. The highest BCUT2D eigenvalue weighted by atomic mass is 16.5. The topological polar surface area (TPSA) is 58.6 Å². The van der Waals surface area contributed by atoms with Crippen LogP contribution in [0, 0.1) is 5.92 Å². The van der Waals surface area contributed by atoms with Gasteiger partial charge < -0.3 is 15.0 Å². The summed E-state index contributed by atoms with van der Waals surface area (Å²) in [7, 11) is 0. The maximum atomic E-state index is 12.3. The van der Waals surface area contributed by atoms with Gasteiger partial charge in [0.05, 0.1) is 12.5 Å². The number of benzene rings is 1. The molecule has 1 atom stereocenters. The minimum atomic E-state index is -0.179. The summed E-state index contributed by atoms with van der Waals surface area (Å²) in [5.41, 5.74) is 1.28. The Morgan fingerprint density at radius 1 is 1.15 bits per heavy atom. The Balaban J connectivity index is 1.25. The van der Waals surface area contributed by atoms with Crippen molar-refractivity contribution in [3.8, 4) is 0 Å². The number of hydrogen-bond acceptors (Lipinski definition) is 3. The van der Waals surface area contributed by atoms with Gasteiger partial charge in [-0.3, -0.25) is 9.59 Å². The number of hydrogen-bond donors (Lipinski definition) is 1. The Morgan fingerprint density at radius 3 is 2.69 bits per heavy atom. The molecule has 5 nitrogen and oxygen atoms in total. The molecule has 2 amide bonds. The van der Waals surface area contributed by atoms with Crippen molar-refractivity contribution < 1.29 is 14.3 Å². The van der Waals surface area contributed by atoms with E-state index in [0.29, 0.717) is 38.8 Å². The van der Waals surface area contributed by atoms with Crippen LogP contribution in [0.4, 0.5) is 0 Å². The molecule has 1 N–H and O–H groups in total. The van der Waals surface area contributed by atoms with Crippen LogP contribution in [-0.4, -0.2) is 49.1 Å². The van der Waals surface area contributed by atoms with Gasteiger partial charge in [0.1, 0.15) is 0 Å². The summed E-state index contributed by atoms with van der Waals surface area (Å²) in [6, 6.07) is 10.7. The molecular formula is C21H30N2O3. The molecular weight excluding hydrogens is 328 g/mol. The number of ether oxygens (including phenoxy) is 1. The molecule has 1 aromatic rings. The first-order valence-electron chi connectivity index (χ1n) is 9.93. The van der Waals surface area contributed by atoms with Crippen LogP contribution >= 0.6 is 0 Å². The van der Waals surface area contributed by atoms with E-state index in [-0.39, 0.29) is 17.7 Å². The van der Waals surface area contributed by atoms with Gasteiger partial charge in [0.15, 0.2) is 0 Å². The number of nitrogens with one attached hydrogen (secondary N) is 1. The quantitative estimate of drug-likeness (QED) is 0.690. The molecule has 1 saturated heterocycles. The highest BCUT2D eigenvalue weighted by molar-refractivity contribution is 5.89. The van der Waals surface area contributed by atoms with Gasteiger partial charge in [-0.1, -0.05) is 43.2 Å². The molecule has 2 fully saturated rings. The lowest BCUT2D eigenvalue weighted by Gasteiger charge is -2.23. The van der Waals surface area contributed by atoms with E-state index in [2.05, 4.69) is 17.4 Å². The molecule has 2 aliphatic rings. The SMILES string of the molecule is O=C(NCCCOCCc1ccccc1)[C@@H]1CC(=O)N(C2CCCC2)C1. The molecule has 1 aliphatic heterocycles. The minimum Gasteiger partial charge on any atom is -0.381 e. The average Bonchev–Trinajstić information content (AvgIpc) is 3.31. The molecule has 1 heterocycles. The van der Waals surface area contributed by atoms with Crippen molar-refractivity contribution in [3.05, 3.63) is 35.9 Å². The Labute approximate surface area is 156 Å². The largest absolute Gasteiger partial charge is 0.381 e. The molecule has 26 heavy (non-hydrogen) atoms. The third-order valence-electron chi connectivity index (χ3n) is 5.44. The van der Waals surface area contributed by atoms with Gasteiger partial charge in [-0.05, 0) is 31.2 Å². The van der Waals surface area contributed by atoms with Gasteiger partial charge in [0, 0.05) is 32.2 Å². The number of rotatable bonds is 9. The fourth-order valence-electron chi connectivity index (χ4n) is 3.94. The zero-order chi connectivity index (χ0) is 18.2. The molecule has 1 aromatic carbocycles. The van der Waals surface area contributed by atoms with Crippen molar-refractivity contribution in [1.29, 1.82) is 0 Å². The van der Waals surface area contributed by atoms with E-state index in [0.717, 1.165) is 25.7 Å². The highest BCUT2D eigenvalue weighted by Crippen LogP contribution is 2.29. The van der Waals surface area contributed by atoms with Crippen LogP contribution in [0.25, 0.3) is 0 Å². The van der Waals surface area contributed by atoms with Crippen molar-refractivity contribution in [2.75, 3.05) is 26.3 Å². The number of carbonyl (C=O) groups is 2. The Bertz CT molecular complexity index is 584. The summed E-state index contributed by atoms with van der Waals surface area (Å²) < 4.78 is 5.63. The Hall–Kier alpha value is -1.88. The van der Waals surface area contributed by atoms with Crippen LogP contribution in [0.1, 0.15) is 44.1 Å². The molecule has 1 aliphatic carbocycles. The average molecular weight is 358 g/mol. The third kappa shape index (κ3) is 5.31. The van der Waals surface area contributed by atoms with Gasteiger partial charge in [-0.15, -0.1) is 0 Å². The predicted molar refractivity (Wildman–Crippen MR) is 101 cm³/mol. The summed E-state index contributed by atoms with van der Waals surface area (Å²) in [6.45, 7) is 2.55. The maximum absolute atomic E-state index is 12.3. The maximum Gasteiger partial charge on any atom is 0.225 e. The van der Waals surface area contributed by atoms with Gasteiger partial charge in [0.2, 0.25) is 11.8 Å². The van der Waals surface area contributed by atoms with Gasteiger partial charge in [0.25, 0.3) is 0 Å². The van der Waals surface area contributed by atoms with E-state index in [4.69, 9.17) is 4.74 Å². The van der Waals surface area contributed by atoms with Crippen LogP contribution in [0.15, 0.2) is 30.3 Å². The van der Waals surface area contributed by atoms with Crippen LogP contribution < -0.4 is 5.32 Å². The molecule has 3 rings (SSSR count). The predicted octanol–water partition coefficient (Wildman–Crippen LogP) is 2.54. The van der Waals surface area contributed by atoms with Crippen molar-refractivity contribution in [3.63, 3.8) is 0 Å². The summed E-state index contributed by atoms with van der Waals surface area (Å²) in [6.07, 6.45) is 6.68. The lowest BCUT2D eigenvalue weighted by atomic mass is 10.1. The molecule has 5 heteroatoms. The molecule has 1 saturated carbocycles. The van der Waals surface area contributed by atoms with E-state index in [9.17, 15) is 9.59 Å². The number of carbonyl (C=O) groups excluding carboxylic acids is 2. The molecule has 0 unspecified atom stereocenters. The van der Waals surface area contributed by atoms with E-state index in [1.165, 1.54) is 18.4 Å². The van der Waals surface area contributed by atoms with Crippen LogP contribution in [-0.2, 0) is 20.7 Å². The minimum absolute atomic E-state index is 0.0168.